The molecule has 1 aromatic heterocycles. The molecule has 0 bridgehead atoms. The Morgan fingerprint density at radius 2 is 2.12 bits per heavy atom. The van der Waals surface area contributed by atoms with Crippen LogP contribution in [0.3, 0.4) is 0 Å². The van der Waals surface area contributed by atoms with Gasteiger partial charge in [0.1, 0.15) is 15.8 Å². The highest BCUT2D eigenvalue weighted by Crippen LogP contribution is 2.51. The van der Waals surface area contributed by atoms with E-state index in [1.54, 1.807) is 28.6 Å². The molecular weight excluding hydrogens is 374 g/mol. The number of sulfonamides is 1. The lowest BCUT2D eigenvalue weighted by atomic mass is 9.74. The highest BCUT2D eigenvalue weighted by atomic mass is 35.5. The molecule has 2 fully saturated rings. The first kappa shape index (κ1) is 18.0. The zero-order valence-corrected chi connectivity index (χ0v) is 16.2. The number of rotatable bonds is 4. The predicted octanol–water partition coefficient (Wildman–Crippen LogP) is 2.79. The van der Waals surface area contributed by atoms with Gasteiger partial charge in [-0.1, -0.05) is 11.6 Å². The van der Waals surface area contributed by atoms with E-state index in [-0.39, 0.29) is 16.4 Å². The summed E-state index contributed by atoms with van der Waals surface area (Å²) in [6, 6.07) is 6.67. The molecule has 1 spiro atoms. The maximum absolute atomic E-state index is 13.7. The molecule has 2 N–H and O–H groups in total. The Kier molecular flexibility index (Phi) is 4.38. The van der Waals surface area contributed by atoms with Crippen molar-refractivity contribution < 1.29 is 13.2 Å². The van der Waals surface area contributed by atoms with E-state index < -0.39 is 10.0 Å². The molecule has 26 heavy (non-hydrogen) atoms. The molecule has 140 valence electrons. The van der Waals surface area contributed by atoms with Crippen LogP contribution in [0.25, 0.3) is 10.9 Å². The average Bonchev–Trinajstić information content (AvgIpc) is 3.02. The van der Waals surface area contributed by atoms with Gasteiger partial charge in [0.15, 0.2) is 0 Å². The average molecular weight is 396 g/mol. The number of benzene rings is 1. The lowest BCUT2D eigenvalue weighted by Gasteiger charge is -2.45. The van der Waals surface area contributed by atoms with Crippen molar-refractivity contribution in [2.75, 3.05) is 20.2 Å². The first-order valence-corrected chi connectivity index (χ1v) is 10.6. The molecule has 1 saturated heterocycles. The summed E-state index contributed by atoms with van der Waals surface area (Å²) < 4.78 is 34.5. The van der Waals surface area contributed by atoms with Gasteiger partial charge in [-0.05, 0) is 62.4 Å². The van der Waals surface area contributed by atoms with Gasteiger partial charge in [0, 0.05) is 17.5 Å². The summed E-state index contributed by atoms with van der Waals surface area (Å²) in [5.41, 5.74) is 6.11. The Balaban J connectivity index is 1.91. The Morgan fingerprint density at radius 1 is 1.35 bits per heavy atom. The third-order valence-corrected chi connectivity index (χ3v) is 8.02. The van der Waals surface area contributed by atoms with Gasteiger partial charge in [0.05, 0.1) is 12.6 Å². The van der Waals surface area contributed by atoms with Gasteiger partial charge in [-0.3, -0.25) is 0 Å². The molecule has 8 heteroatoms. The number of nitrogens with two attached hydrogens (primary N) is 1. The van der Waals surface area contributed by atoms with Crippen LogP contribution in [0.5, 0.6) is 5.75 Å². The zero-order valence-electron chi connectivity index (χ0n) is 14.6. The minimum atomic E-state index is -3.76. The van der Waals surface area contributed by atoms with Crippen molar-refractivity contribution in [1.29, 1.82) is 0 Å². The van der Waals surface area contributed by atoms with E-state index in [0.29, 0.717) is 34.9 Å². The fraction of sp³-hybridized carbons (Fsp3) is 0.500. The lowest BCUT2D eigenvalue weighted by Crippen LogP contribution is -2.51. The van der Waals surface area contributed by atoms with Gasteiger partial charge >= 0.3 is 0 Å². The van der Waals surface area contributed by atoms with Crippen molar-refractivity contribution >= 4 is 32.5 Å². The molecule has 1 unspecified atom stereocenters. The van der Waals surface area contributed by atoms with E-state index in [0.717, 1.165) is 25.7 Å². The molecule has 2 heterocycles. The normalized spacial score (nSPS) is 22.7. The highest BCUT2D eigenvalue weighted by Gasteiger charge is 2.54. The smallest absolute Gasteiger partial charge is 0.247 e. The van der Waals surface area contributed by atoms with Crippen LogP contribution >= 0.6 is 11.6 Å². The van der Waals surface area contributed by atoms with E-state index in [1.807, 2.05) is 0 Å². The molecule has 2 aliphatic rings. The number of ether oxygens (including phenoxy) is 1. The molecule has 6 nitrogen and oxygen atoms in total. The van der Waals surface area contributed by atoms with E-state index >= 15 is 0 Å². The molecule has 0 amide bonds. The molecule has 1 atom stereocenters. The Labute approximate surface area is 158 Å². The first-order chi connectivity index (χ1) is 12.4. The lowest BCUT2D eigenvalue weighted by molar-refractivity contribution is 0.127. The first-order valence-electron chi connectivity index (χ1n) is 8.77. The van der Waals surface area contributed by atoms with Gasteiger partial charge in [-0.2, -0.15) is 4.31 Å². The number of halogens is 1. The van der Waals surface area contributed by atoms with Gasteiger partial charge in [-0.25, -0.2) is 13.4 Å². The minimum Gasteiger partial charge on any atom is -0.495 e. The number of methoxy groups -OCH3 is 1. The quantitative estimate of drug-likeness (QED) is 0.804. The molecule has 1 aromatic carbocycles. The summed E-state index contributed by atoms with van der Waals surface area (Å²) in [4.78, 5) is 4.43. The third kappa shape index (κ3) is 2.60. The van der Waals surface area contributed by atoms with Gasteiger partial charge < -0.3 is 10.5 Å². The third-order valence-electron chi connectivity index (χ3n) is 5.76. The van der Waals surface area contributed by atoms with Crippen molar-refractivity contribution in [3.05, 3.63) is 29.4 Å². The second kappa shape index (κ2) is 6.34. The number of aromatic nitrogens is 1. The second-order valence-electron chi connectivity index (χ2n) is 7.22. The van der Waals surface area contributed by atoms with Crippen LogP contribution in [0.2, 0.25) is 5.15 Å². The second-order valence-corrected chi connectivity index (χ2v) is 9.40. The van der Waals surface area contributed by atoms with Crippen LogP contribution in [0.4, 0.5) is 0 Å². The van der Waals surface area contributed by atoms with Crippen LogP contribution < -0.4 is 10.5 Å². The van der Waals surface area contributed by atoms with E-state index in [9.17, 15) is 8.42 Å². The fourth-order valence-corrected chi connectivity index (χ4v) is 6.75. The van der Waals surface area contributed by atoms with Gasteiger partial charge in [0.2, 0.25) is 10.0 Å². The molecular formula is C18H22ClN3O3S. The van der Waals surface area contributed by atoms with Crippen LogP contribution in [0.1, 0.15) is 25.7 Å². The summed E-state index contributed by atoms with van der Waals surface area (Å²) >= 11 is 5.98. The maximum Gasteiger partial charge on any atom is 0.247 e. The summed E-state index contributed by atoms with van der Waals surface area (Å²) in [5, 5.41) is 0.852. The largest absolute Gasteiger partial charge is 0.495 e. The summed E-state index contributed by atoms with van der Waals surface area (Å²) in [6.07, 6.45) is 3.66. The molecule has 0 radical (unpaired) electrons. The highest BCUT2D eigenvalue weighted by molar-refractivity contribution is 7.89. The Bertz CT molecular complexity index is 960. The van der Waals surface area contributed by atoms with Gasteiger partial charge in [0.25, 0.3) is 0 Å². The van der Waals surface area contributed by atoms with E-state index in [4.69, 9.17) is 22.1 Å². The summed E-state index contributed by atoms with van der Waals surface area (Å²) in [7, 11) is -2.28. The number of fused-ring (bicyclic) bond motifs is 1. The van der Waals surface area contributed by atoms with Crippen LogP contribution in [0.15, 0.2) is 29.2 Å². The fourth-order valence-electron chi connectivity index (χ4n) is 4.35. The van der Waals surface area contributed by atoms with E-state index in [2.05, 4.69) is 4.98 Å². The number of pyridine rings is 1. The topological polar surface area (TPSA) is 85.5 Å². The molecule has 2 aromatic rings. The zero-order chi connectivity index (χ0) is 18.5. The van der Waals surface area contributed by atoms with E-state index in [1.165, 1.54) is 7.11 Å². The SMILES string of the molecule is COc1ccc2nc(Cl)ccc2c1S(=O)(=O)N1CC(CN)CC12CCC2. The summed E-state index contributed by atoms with van der Waals surface area (Å²) in [6.45, 7) is 0.955. The van der Waals surface area contributed by atoms with Crippen molar-refractivity contribution in [2.45, 2.75) is 36.1 Å². The Hall–Kier alpha value is -1.41. The molecule has 4 rings (SSSR count). The molecule has 1 aliphatic carbocycles. The standard InChI is InChI=1S/C18H22ClN3O3S/c1-25-15-5-4-14-13(3-6-16(19)21-14)17(15)26(23,24)22-11-12(10-20)9-18(22)7-2-8-18/h3-6,12H,2,7-11,20H2,1H3. The maximum atomic E-state index is 13.7. The van der Waals surface area contributed by atoms with Crippen LogP contribution in [-0.4, -0.2) is 43.4 Å². The molecule has 1 aliphatic heterocycles. The van der Waals surface area contributed by atoms with Crippen molar-refractivity contribution in [3.8, 4) is 5.75 Å². The van der Waals surface area contributed by atoms with Crippen molar-refractivity contribution in [1.82, 2.24) is 9.29 Å². The Morgan fingerprint density at radius 3 is 2.73 bits per heavy atom. The number of hydrogen-bond acceptors (Lipinski definition) is 5. The minimum absolute atomic E-state index is 0.172. The molecule has 1 saturated carbocycles. The van der Waals surface area contributed by atoms with Crippen molar-refractivity contribution in [2.24, 2.45) is 11.7 Å². The van der Waals surface area contributed by atoms with Crippen molar-refractivity contribution in [3.63, 3.8) is 0 Å². The monoisotopic (exact) mass is 395 g/mol. The summed E-state index contributed by atoms with van der Waals surface area (Å²) in [5.74, 6) is 0.519. The predicted molar refractivity (Wildman–Crippen MR) is 101 cm³/mol. The number of nitrogens with zero attached hydrogens (tertiary/aromatic N) is 2. The van der Waals surface area contributed by atoms with Crippen LogP contribution in [-0.2, 0) is 10.0 Å². The van der Waals surface area contributed by atoms with Crippen LogP contribution in [0, 0.1) is 5.92 Å². The van der Waals surface area contributed by atoms with Gasteiger partial charge in [-0.15, -0.1) is 0 Å². The number of hydrogen-bond donors (Lipinski definition) is 1.